The van der Waals surface area contributed by atoms with Crippen LogP contribution in [0.4, 0.5) is 0 Å². The molecule has 0 aliphatic carbocycles. The van der Waals surface area contributed by atoms with Crippen molar-refractivity contribution in [3.8, 4) is 0 Å². The van der Waals surface area contributed by atoms with Crippen molar-refractivity contribution in [3.63, 3.8) is 0 Å². The van der Waals surface area contributed by atoms with E-state index in [1.807, 2.05) is 0 Å². The highest BCUT2D eigenvalue weighted by molar-refractivity contribution is 5.74. The van der Waals surface area contributed by atoms with Crippen LogP contribution in [0.1, 0.15) is 8.29 Å². The highest BCUT2D eigenvalue weighted by atomic mass is 16.5. The van der Waals surface area contributed by atoms with Crippen LogP contribution in [-0.2, 0) is 9.53 Å². The molecule has 0 aromatic rings. The number of methoxy groups -OCH3 is 1. The zero-order chi connectivity index (χ0) is 7.28. The van der Waals surface area contributed by atoms with E-state index in [9.17, 15) is 4.79 Å². The van der Waals surface area contributed by atoms with Crippen molar-refractivity contribution in [2.24, 2.45) is 0 Å². The molecule has 1 N–H and O–H groups in total. The molecule has 0 aliphatic heterocycles. The molecule has 8 heavy (non-hydrogen) atoms. The Hall–Kier alpha value is -0.570. The van der Waals surface area contributed by atoms with Crippen LogP contribution >= 0.6 is 0 Å². The summed E-state index contributed by atoms with van der Waals surface area (Å²) >= 11 is 0. The molecular formula is C5H11NO2. The Labute approximate surface area is 50.4 Å². The third-order valence-electron chi connectivity index (χ3n) is 0.861. The smallest absolute Gasteiger partial charge is 0.322 e. The second kappa shape index (κ2) is 3.43. The Balaban J connectivity index is 3.45. The monoisotopic (exact) mass is 118 g/mol. The Bertz CT molecular complexity index is 97.0. The van der Waals surface area contributed by atoms with E-state index in [2.05, 4.69) is 10.1 Å². The second-order valence-corrected chi connectivity index (χ2v) is 1.45. The van der Waals surface area contributed by atoms with Crippen LogP contribution in [0.3, 0.4) is 0 Å². The van der Waals surface area contributed by atoms with E-state index in [0.717, 1.165) is 0 Å². The van der Waals surface area contributed by atoms with Gasteiger partial charge in [0.2, 0.25) is 0 Å². The summed E-state index contributed by atoms with van der Waals surface area (Å²) in [6, 6.07) is -0.368. The van der Waals surface area contributed by atoms with Crippen LogP contribution in [0.2, 0.25) is 0 Å². The van der Waals surface area contributed by atoms with Gasteiger partial charge in [0, 0.05) is 1.37 Å². The molecule has 48 valence electrons. The van der Waals surface area contributed by atoms with Gasteiger partial charge >= 0.3 is 5.97 Å². The number of nitrogens with one attached hydrogen (secondary N) is 1. The van der Waals surface area contributed by atoms with Crippen molar-refractivity contribution in [2.75, 3.05) is 14.1 Å². The van der Waals surface area contributed by atoms with Crippen molar-refractivity contribution in [1.82, 2.24) is 5.32 Å². The summed E-state index contributed by atoms with van der Waals surface area (Å²) in [4.78, 5) is 10.5. The van der Waals surface area contributed by atoms with Gasteiger partial charge in [-0.25, -0.2) is 0 Å². The molecule has 0 aliphatic rings. The van der Waals surface area contributed by atoms with Crippen LogP contribution in [0, 0.1) is 0 Å². The Kier molecular flexibility index (Phi) is 2.39. The molecule has 1 atom stereocenters. The van der Waals surface area contributed by atoms with Crippen molar-refractivity contribution in [3.05, 3.63) is 0 Å². The minimum Gasteiger partial charge on any atom is -0.468 e. The minimum absolute atomic E-state index is 0.0380. The summed E-state index contributed by atoms with van der Waals surface area (Å²) in [6.45, 7) is 1.65. The lowest BCUT2D eigenvalue weighted by Crippen LogP contribution is -2.31. The van der Waals surface area contributed by atoms with Gasteiger partial charge in [-0.2, -0.15) is 0 Å². The largest absolute Gasteiger partial charge is 0.468 e. The molecule has 0 saturated carbocycles. The van der Waals surface area contributed by atoms with Crippen LogP contribution < -0.4 is 5.32 Å². The summed E-state index contributed by atoms with van der Waals surface area (Å²) < 4.78 is 11.1. The predicted molar refractivity (Wildman–Crippen MR) is 30.5 cm³/mol. The average Bonchev–Trinajstić information content (AvgIpc) is 1.87. The van der Waals surface area contributed by atoms with Gasteiger partial charge in [0.05, 0.1) is 7.11 Å². The first kappa shape index (κ1) is 5.56. The SMILES string of the molecule is [2H]CN[C@@H](C)C(=O)OC. The average molecular weight is 118 g/mol. The van der Waals surface area contributed by atoms with Crippen LogP contribution in [0.25, 0.3) is 0 Å². The Morgan fingerprint density at radius 1 is 2.00 bits per heavy atom. The maximum Gasteiger partial charge on any atom is 0.322 e. The van der Waals surface area contributed by atoms with E-state index in [0.29, 0.717) is 0 Å². The Morgan fingerprint density at radius 3 is 3.00 bits per heavy atom. The van der Waals surface area contributed by atoms with Crippen molar-refractivity contribution >= 4 is 5.97 Å². The molecular weight excluding hydrogens is 106 g/mol. The van der Waals surface area contributed by atoms with Gasteiger partial charge in [0.15, 0.2) is 0 Å². The number of hydrogen-bond acceptors (Lipinski definition) is 3. The number of carbonyl (C=O) groups is 1. The van der Waals surface area contributed by atoms with Crippen molar-refractivity contribution in [2.45, 2.75) is 13.0 Å². The lowest BCUT2D eigenvalue weighted by atomic mass is 10.4. The molecule has 0 rings (SSSR count). The first-order chi connectivity index (χ1) is 4.22. The van der Waals surface area contributed by atoms with Crippen molar-refractivity contribution in [1.29, 1.82) is 0 Å². The van der Waals surface area contributed by atoms with E-state index in [1.54, 1.807) is 6.92 Å². The van der Waals surface area contributed by atoms with Gasteiger partial charge in [-0.05, 0) is 13.9 Å². The number of hydrogen-bond donors (Lipinski definition) is 1. The fourth-order valence-electron chi connectivity index (χ4n) is 0.260. The van der Waals surface area contributed by atoms with E-state index in [1.165, 1.54) is 7.11 Å². The number of esters is 1. The molecule has 3 nitrogen and oxygen atoms in total. The van der Waals surface area contributed by atoms with Crippen LogP contribution in [0.5, 0.6) is 0 Å². The van der Waals surface area contributed by atoms with Gasteiger partial charge < -0.3 is 10.1 Å². The molecule has 0 heterocycles. The zero-order valence-electron chi connectivity index (χ0n) is 6.10. The molecule has 0 spiro atoms. The molecule has 0 unspecified atom stereocenters. The molecule has 0 bridgehead atoms. The normalized spacial score (nSPS) is 14.5. The molecule has 0 aromatic carbocycles. The third-order valence-corrected chi connectivity index (χ3v) is 0.861. The first-order valence-electron chi connectivity index (χ1n) is 3.03. The second-order valence-electron chi connectivity index (χ2n) is 1.45. The summed E-state index contributed by atoms with van der Waals surface area (Å²) in [7, 11) is 1.36. The number of carbonyl (C=O) groups excluding carboxylic acids is 1. The first-order valence-corrected chi connectivity index (χ1v) is 2.32. The van der Waals surface area contributed by atoms with Gasteiger partial charge in [-0.1, -0.05) is 0 Å². The highest BCUT2D eigenvalue weighted by Gasteiger charge is 2.07. The molecule has 3 heteroatoms. The fraction of sp³-hybridized carbons (Fsp3) is 0.800. The number of rotatable bonds is 2. The van der Waals surface area contributed by atoms with Crippen LogP contribution in [-0.4, -0.2) is 26.1 Å². The van der Waals surface area contributed by atoms with E-state index >= 15 is 0 Å². The van der Waals surface area contributed by atoms with E-state index < -0.39 is 0 Å². The Morgan fingerprint density at radius 2 is 2.62 bits per heavy atom. The van der Waals surface area contributed by atoms with Gasteiger partial charge in [0.25, 0.3) is 0 Å². The molecule has 0 aromatic heterocycles. The summed E-state index contributed by atoms with van der Waals surface area (Å²) in [5.41, 5.74) is 0. The van der Waals surface area contributed by atoms with Gasteiger partial charge in [-0.3, -0.25) is 4.79 Å². The van der Waals surface area contributed by atoms with E-state index in [4.69, 9.17) is 1.37 Å². The minimum atomic E-state index is -0.368. The van der Waals surface area contributed by atoms with Gasteiger partial charge in [-0.15, -0.1) is 0 Å². The third kappa shape index (κ3) is 1.93. The molecule has 0 radical (unpaired) electrons. The maximum atomic E-state index is 10.5. The van der Waals surface area contributed by atoms with Crippen molar-refractivity contribution < 1.29 is 10.9 Å². The number of ether oxygens (including phenoxy) is 1. The van der Waals surface area contributed by atoms with Gasteiger partial charge in [0.1, 0.15) is 6.04 Å². The summed E-state index contributed by atoms with van der Waals surface area (Å²) in [5.74, 6) is -0.331. The lowest BCUT2D eigenvalue weighted by molar-refractivity contribution is -0.142. The summed E-state index contributed by atoms with van der Waals surface area (Å²) in [6.07, 6.45) is 0. The standard InChI is InChI=1S/C5H11NO2/c1-4(6-2)5(7)8-3/h4,6H,1-3H3/t4-/m0/s1/i2D. The molecule has 0 saturated heterocycles. The molecule has 0 fully saturated rings. The van der Waals surface area contributed by atoms with Crippen LogP contribution in [0.15, 0.2) is 0 Å². The zero-order valence-corrected chi connectivity index (χ0v) is 5.10. The predicted octanol–water partition coefficient (Wildman–Crippen LogP) is -0.233. The fourth-order valence-corrected chi connectivity index (χ4v) is 0.260. The highest BCUT2D eigenvalue weighted by Crippen LogP contribution is 1.81. The topological polar surface area (TPSA) is 38.3 Å². The quantitative estimate of drug-likeness (QED) is 0.509. The number of likely N-dealkylation sites (N-methyl/N-ethyl adjacent to an activating group) is 1. The van der Waals surface area contributed by atoms with E-state index in [-0.39, 0.29) is 19.0 Å². The maximum absolute atomic E-state index is 10.5. The summed E-state index contributed by atoms with van der Waals surface area (Å²) in [5, 5.41) is 2.59. The lowest BCUT2D eigenvalue weighted by Gasteiger charge is -2.04. The molecule has 0 amide bonds.